The maximum atomic E-state index is 13.0. The second-order valence-corrected chi connectivity index (χ2v) is 7.77. The average Bonchev–Trinajstić information content (AvgIpc) is 3.11. The molecule has 1 saturated heterocycles. The Hall–Kier alpha value is -2.32. The Labute approximate surface area is 146 Å². The first-order valence-electron chi connectivity index (χ1n) is 8.10. The normalized spacial score (nSPS) is 20.4. The molecule has 0 amide bonds. The minimum Gasteiger partial charge on any atom is -0.487 e. The molecule has 7 nitrogen and oxygen atoms in total. The first-order valence-corrected chi connectivity index (χ1v) is 9.54. The fourth-order valence-corrected chi connectivity index (χ4v) is 4.64. The lowest BCUT2D eigenvalue weighted by Gasteiger charge is -2.23. The molecule has 8 heteroatoms. The summed E-state index contributed by atoms with van der Waals surface area (Å²) in [5, 5.41) is 0. The number of sulfonamides is 1. The molecule has 0 saturated carbocycles. The summed E-state index contributed by atoms with van der Waals surface area (Å²) in [5.41, 5.74) is 0. The van der Waals surface area contributed by atoms with Gasteiger partial charge in [-0.15, -0.1) is 0 Å². The fraction of sp³-hybridized carbons (Fsp3) is 0.353. The number of rotatable bonds is 4. The van der Waals surface area contributed by atoms with E-state index in [0.29, 0.717) is 50.0 Å². The summed E-state index contributed by atoms with van der Waals surface area (Å²) in [6, 6.07) is 8.53. The molecule has 0 unspecified atom stereocenters. The van der Waals surface area contributed by atoms with Gasteiger partial charge in [0.2, 0.25) is 10.0 Å². The molecule has 132 valence electrons. The van der Waals surface area contributed by atoms with E-state index < -0.39 is 10.0 Å². The quantitative estimate of drug-likeness (QED) is 0.824. The van der Waals surface area contributed by atoms with E-state index in [1.807, 2.05) is 6.07 Å². The van der Waals surface area contributed by atoms with Crippen LogP contribution in [0.5, 0.6) is 17.2 Å². The van der Waals surface area contributed by atoms with Crippen molar-refractivity contribution in [1.29, 1.82) is 0 Å². The second kappa shape index (κ2) is 6.53. The van der Waals surface area contributed by atoms with Crippen molar-refractivity contribution in [1.82, 2.24) is 9.29 Å². The number of ether oxygens (including phenoxy) is 3. The molecule has 0 radical (unpaired) electrons. The van der Waals surface area contributed by atoms with Crippen LogP contribution in [0.1, 0.15) is 6.42 Å². The van der Waals surface area contributed by atoms with E-state index in [-0.39, 0.29) is 11.0 Å². The van der Waals surface area contributed by atoms with Gasteiger partial charge >= 0.3 is 0 Å². The van der Waals surface area contributed by atoms with Crippen LogP contribution in [0.3, 0.4) is 0 Å². The van der Waals surface area contributed by atoms with Crippen LogP contribution in [0.15, 0.2) is 47.6 Å². The minimum atomic E-state index is -3.67. The van der Waals surface area contributed by atoms with E-state index in [0.717, 1.165) is 0 Å². The predicted octanol–water partition coefficient (Wildman–Crippen LogP) is 1.69. The zero-order valence-electron chi connectivity index (χ0n) is 13.5. The van der Waals surface area contributed by atoms with Gasteiger partial charge in [-0.25, -0.2) is 8.42 Å². The highest BCUT2D eigenvalue weighted by molar-refractivity contribution is 7.89. The lowest BCUT2D eigenvalue weighted by atomic mass is 10.3. The standard InChI is InChI=1S/C17H18N2O5S/c20-25(21,16-5-1-4-15-17(16)23-10-9-22-15)19-8-6-14(12-19)24-13-3-2-7-18-11-13/h1-5,7,11,14H,6,8-10,12H2/t14-/m0/s1. The van der Waals surface area contributed by atoms with Gasteiger partial charge in [-0.05, 0) is 30.7 Å². The molecule has 1 fully saturated rings. The second-order valence-electron chi connectivity index (χ2n) is 5.86. The van der Waals surface area contributed by atoms with Crippen LogP contribution >= 0.6 is 0 Å². The van der Waals surface area contributed by atoms with E-state index in [4.69, 9.17) is 14.2 Å². The smallest absolute Gasteiger partial charge is 0.247 e. The lowest BCUT2D eigenvalue weighted by molar-refractivity contribution is 0.166. The van der Waals surface area contributed by atoms with E-state index in [2.05, 4.69) is 4.98 Å². The summed E-state index contributed by atoms with van der Waals surface area (Å²) in [6.07, 6.45) is 3.71. The molecule has 25 heavy (non-hydrogen) atoms. The van der Waals surface area contributed by atoms with E-state index in [1.165, 1.54) is 4.31 Å². The van der Waals surface area contributed by atoms with Crippen molar-refractivity contribution >= 4 is 10.0 Å². The third-order valence-corrected chi connectivity index (χ3v) is 6.08. The van der Waals surface area contributed by atoms with E-state index >= 15 is 0 Å². The van der Waals surface area contributed by atoms with Gasteiger partial charge in [-0.2, -0.15) is 4.31 Å². The molecule has 0 N–H and O–H groups in total. The van der Waals surface area contributed by atoms with Gasteiger partial charge < -0.3 is 14.2 Å². The number of hydrogen-bond donors (Lipinski definition) is 0. The molecule has 2 aliphatic rings. The highest BCUT2D eigenvalue weighted by Crippen LogP contribution is 2.38. The number of nitrogens with zero attached hydrogens (tertiary/aromatic N) is 2. The zero-order chi connectivity index (χ0) is 17.3. The third kappa shape index (κ3) is 3.14. The van der Waals surface area contributed by atoms with Crippen molar-refractivity contribution in [3.63, 3.8) is 0 Å². The topological polar surface area (TPSA) is 78.0 Å². The summed E-state index contributed by atoms with van der Waals surface area (Å²) in [6.45, 7) is 1.45. The van der Waals surface area contributed by atoms with Crippen molar-refractivity contribution in [2.75, 3.05) is 26.3 Å². The van der Waals surface area contributed by atoms with Crippen molar-refractivity contribution in [2.45, 2.75) is 17.4 Å². The molecular weight excluding hydrogens is 344 g/mol. The van der Waals surface area contributed by atoms with Crippen molar-refractivity contribution in [3.8, 4) is 17.2 Å². The van der Waals surface area contributed by atoms with Crippen LogP contribution in [-0.4, -0.2) is 50.1 Å². The Morgan fingerprint density at radius 2 is 2.04 bits per heavy atom. The van der Waals surface area contributed by atoms with Gasteiger partial charge in [0.25, 0.3) is 0 Å². The summed E-state index contributed by atoms with van der Waals surface area (Å²) >= 11 is 0. The molecule has 1 aromatic carbocycles. The van der Waals surface area contributed by atoms with Crippen LogP contribution in [0.4, 0.5) is 0 Å². The number of benzene rings is 1. The largest absolute Gasteiger partial charge is 0.487 e. The Morgan fingerprint density at radius 1 is 1.16 bits per heavy atom. The van der Waals surface area contributed by atoms with Crippen LogP contribution in [0.2, 0.25) is 0 Å². The monoisotopic (exact) mass is 362 g/mol. The lowest BCUT2D eigenvalue weighted by Crippen LogP contribution is -2.32. The Kier molecular flexibility index (Phi) is 4.22. The maximum Gasteiger partial charge on any atom is 0.247 e. The van der Waals surface area contributed by atoms with Crippen LogP contribution < -0.4 is 14.2 Å². The Bertz CT molecular complexity index is 857. The summed E-state index contributed by atoms with van der Waals surface area (Å²) in [4.78, 5) is 4.15. The number of pyridine rings is 1. The molecule has 1 atom stereocenters. The van der Waals surface area contributed by atoms with Crippen LogP contribution in [0.25, 0.3) is 0 Å². The molecular formula is C17H18N2O5S. The van der Waals surface area contributed by atoms with Crippen LogP contribution in [0, 0.1) is 0 Å². The molecule has 0 bridgehead atoms. The van der Waals surface area contributed by atoms with Crippen LogP contribution in [-0.2, 0) is 10.0 Å². The highest BCUT2D eigenvalue weighted by Gasteiger charge is 2.36. The Morgan fingerprint density at radius 3 is 2.88 bits per heavy atom. The first-order chi connectivity index (χ1) is 12.1. The molecule has 2 aliphatic heterocycles. The molecule has 0 spiro atoms. The fourth-order valence-electron chi connectivity index (χ4n) is 3.01. The number of hydrogen-bond acceptors (Lipinski definition) is 6. The van der Waals surface area contributed by atoms with E-state index in [9.17, 15) is 8.42 Å². The summed E-state index contributed by atoms with van der Waals surface area (Å²) in [7, 11) is -3.67. The molecule has 4 rings (SSSR count). The van der Waals surface area contributed by atoms with Crippen molar-refractivity contribution in [2.24, 2.45) is 0 Å². The highest BCUT2D eigenvalue weighted by atomic mass is 32.2. The minimum absolute atomic E-state index is 0.145. The van der Waals surface area contributed by atoms with Gasteiger partial charge in [0.15, 0.2) is 11.5 Å². The van der Waals surface area contributed by atoms with Gasteiger partial charge in [0.05, 0.1) is 12.7 Å². The number of para-hydroxylation sites is 1. The Balaban J connectivity index is 1.54. The molecule has 3 heterocycles. The predicted molar refractivity (Wildman–Crippen MR) is 89.5 cm³/mol. The van der Waals surface area contributed by atoms with Crippen molar-refractivity contribution < 1.29 is 22.6 Å². The number of fused-ring (bicyclic) bond motifs is 1. The van der Waals surface area contributed by atoms with Gasteiger partial charge in [0.1, 0.15) is 30.0 Å². The summed E-state index contributed by atoms with van der Waals surface area (Å²) in [5.74, 6) is 1.40. The SMILES string of the molecule is O=S(=O)(c1cccc2c1OCCO2)N1CC[C@H](Oc2cccnc2)C1. The number of aromatic nitrogens is 1. The maximum absolute atomic E-state index is 13.0. The summed E-state index contributed by atoms with van der Waals surface area (Å²) < 4.78 is 44.3. The average molecular weight is 362 g/mol. The van der Waals surface area contributed by atoms with Gasteiger partial charge in [0, 0.05) is 12.7 Å². The first kappa shape index (κ1) is 16.2. The molecule has 1 aromatic heterocycles. The molecule has 2 aromatic rings. The van der Waals surface area contributed by atoms with Gasteiger partial charge in [-0.1, -0.05) is 6.07 Å². The van der Waals surface area contributed by atoms with Gasteiger partial charge in [-0.3, -0.25) is 4.98 Å². The zero-order valence-corrected chi connectivity index (χ0v) is 14.3. The molecule has 0 aliphatic carbocycles. The van der Waals surface area contributed by atoms with Crippen molar-refractivity contribution in [3.05, 3.63) is 42.7 Å². The third-order valence-electron chi connectivity index (χ3n) is 4.19. The van der Waals surface area contributed by atoms with E-state index in [1.54, 1.807) is 36.7 Å².